The van der Waals surface area contributed by atoms with Gasteiger partial charge in [-0.25, -0.2) is 14.5 Å². The molecule has 1 N–H and O–H groups in total. The molecular formula is C19H28N6O. The Labute approximate surface area is 155 Å². The van der Waals surface area contributed by atoms with Crippen LogP contribution in [0.1, 0.15) is 32.8 Å². The molecule has 1 aliphatic heterocycles. The molecule has 2 amide bonds. The van der Waals surface area contributed by atoms with Crippen LogP contribution in [0.4, 0.5) is 4.79 Å². The van der Waals surface area contributed by atoms with E-state index in [2.05, 4.69) is 41.1 Å². The van der Waals surface area contributed by atoms with Crippen molar-refractivity contribution in [2.75, 3.05) is 26.2 Å². The van der Waals surface area contributed by atoms with Crippen molar-refractivity contribution in [1.29, 1.82) is 0 Å². The first kappa shape index (κ1) is 18.4. The van der Waals surface area contributed by atoms with Crippen LogP contribution in [-0.4, -0.2) is 62.3 Å². The molecule has 140 valence electrons. The predicted molar refractivity (Wildman–Crippen MR) is 101 cm³/mol. The van der Waals surface area contributed by atoms with Crippen molar-refractivity contribution in [3.63, 3.8) is 0 Å². The number of hydrogen-bond donors (Lipinski definition) is 1. The van der Waals surface area contributed by atoms with Gasteiger partial charge in [0, 0.05) is 56.9 Å². The van der Waals surface area contributed by atoms with Crippen LogP contribution in [-0.2, 0) is 6.54 Å². The number of carbonyl (C=O) groups excluding carboxylic acids is 1. The maximum atomic E-state index is 12.6. The summed E-state index contributed by atoms with van der Waals surface area (Å²) >= 11 is 0. The van der Waals surface area contributed by atoms with Gasteiger partial charge in [0.15, 0.2) is 5.82 Å². The maximum Gasteiger partial charge on any atom is 0.317 e. The van der Waals surface area contributed by atoms with Crippen LogP contribution in [0.25, 0.3) is 5.82 Å². The van der Waals surface area contributed by atoms with Gasteiger partial charge in [0.1, 0.15) is 0 Å². The number of urea groups is 1. The number of carbonyl (C=O) groups is 1. The number of amides is 2. The van der Waals surface area contributed by atoms with Crippen molar-refractivity contribution in [1.82, 2.24) is 29.9 Å². The molecule has 3 heterocycles. The summed E-state index contributed by atoms with van der Waals surface area (Å²) in [4.78, 5) is 21.2. The van der Waals surface area contributed by atoms with Crippen molar-refractivity contribution in [3.05, 3.63) is 42.4 Å². The van der Waals surface area contributed by atoms with Crippen LogP contribution >= 0.6 is 0 Å². The summed E-state index contributed by atoms with van der Waals surface area (Å²) in [5.74, 6) is 0.748. The Hall–Kier alpha value is -2.41. The van der Waals surface area contributed by atoms with Crippen molar-refractivity contribution in [3.8, 4) is 5.82 Å². The number of rotatable bonds is 3. The van der Waals surface area contributed by atoms with E-state index in [1.165, 1.54) is 0 Å². The highest BCUT2D eigenvalue weighted by atomic mass is 16.2. The second-order valence-electron chi connectivity index (χ2n) is 7.63. The van der Waals surface area contributed by atoms with Crippen molar-refractivity contribution >= 4 is 6.03 Å². The summed E-state index contributed by atoms with van der Waals surface area (Å²) in [5, 5.41) is 7.22. The minimum atomic E-state index is -0.00166. The van der Waals surface area contributed by atoms with E-state index < -0.39 is 0 Å². The van der Waals surface area contributed by atoms with Gasteiger partial charge >= 0.3 is 6.03 Å². The SMILES string of the molecule is CC(C)(C)N1CCCN(C(=O)NCc2ccnc(-n3cccn3)c2)CC1. The quantitative estimate of drug-likeness (QED) is 0.916. The third-order valence-corrected chi connectivity index (χ3v) is 4.72. The first-order valence-electron chi connectivity index (χ1n) is 9.16. The number of nitrogens with zero attached hydrogens (tertiary/aromatic N) is 5. The monoisotopic (exact) mass is 356 g/mol. The molecule has 2 aromatic rings. The predicted octanol–water partition coefficient (Wildman–Crippen LogP) is 2.28. The Morgan fingerprint density at radius 1 is 1.19 bits per heavy atom. The second-order valence-corrected chi connectivity index (χ2v) is 7.63. The molecule has 0 radical (unpaired) electrons. The molecule has 0 bridgehead atoms. The molecule has 26 heavy (non-hydrogen) atoms. The fourth-order valence-electron chi connectivity index (χ4n) is 3.18. The number of hydrogen-bond acceptors (Lipinski definition) is 4. The third kappa shape index (κ3) is 4.60. The number of aromatic nitrogens is 3. The van der Waals surface area contributed by atoms with Crippen LogP contribution in [0.15, 0.2) is 36.8 Å². The molecule has 1 fully saturated rings. The molecule has 3 rings (SSSR count). The van der Waals surface area contributed by atoms with Crippen LogP contribution in [0.5, 0.6) is 0 Å². The molecule has 7 nitrogen and oxygen atoms in total. The zero-order valence-corrected chi connectivity index (χ0v) is 15.9. The third-order valence-electron chi connectivity index (χ3n) is 4.72. The van der Waals surface area contributed by atoms with Crippen LogP contribution in [0.3, 0.4) is 0 Å². The minimum absolute atomic E-state index is 0.00166. The molecule has 0 spiro atoms. The summed E-state index contributed by atoms with van der Waals surface area (Å²) in [7, 11) is 0. The maximum absolute atomic E-state index is 12.6. The van der Waals surface area contributed by atoms with E-state index >= 15 is 0 Å². The van der Waals surface area contributed by atoms with Crippen LogP contribution in [0, 0.1) is 0 Å². The highest BCUT2D eigenvalue weighted by Crippen LogP contribution is 2.16. The molecule has 0 aliphatic carbocycles. The highest BCUT2D eigenvalue weighted by Gasteiger charge is 2.25. The molecule has 0 atom stereocenters. The van der Waals surface area contributed by atoms with Gasteiger partial charge in [-0.3, -0.25) is 4.90 Å². The van der Waals surface area contributed by atoms with Crippen molar-refractivity contribution < 1.29 is 4.79 Å². The molecule has 0 saturated carbocycles. The Morgan fingerprint density at radius 2 is 2.04 bits per heavy atom. The normalized spacial score (nSPS) is 16.3. The summed E-state index contributed by atoms with van der Waals surface area (Å²) in [6.45, 7) is 10.7. The van der Waals surface area contributed by atoms with E-state index in [1.54, 1.807) is 17.1 Å². The van der Waals surface area contributed by atoms with Gasteiger partial charge in [-0.15, -0.1) is 0 Å². The van der Waals surface area contributed by atoms with E-state index in [0.29, 0.717) is 6.54 Å². The molecule has 7 heteroatoms. The largest absolute Gasteiger partial charge is 0.334 e. The summed E-state index contributed by atoms with van der Waals surface area (Å²) in [5.41, 5.74) is 1.15. The van der Waals surface area contributed by atoms with Gasteiger partial charge in [0.2, 0.25) is 0 Å². The minimum Gasteiger partial charge on any atom is -0.334 e. The Morgan fingerprint density at radius 3 is 2.77 bits per heavy atom. The van der Waals surface area contributed by atoms with E-state index in [0.717, 1.165) is 44.0 Å². The lowest BCUT2D eigenvalue weighted by molar-refractivity contribution is 0.141. The lowest BCUT2D eigenvalue weighted by atomic mass is 10.1. The van der Waals surface area contributed by atoms with Gasteiger partial charge < -0.3 is 10.2 Å². The average molecular weight is 356 g/mol. The Balaban J connectivity index is 1.55. The van der Waals surface area contributed by atoms with Crippen LogP contribution in [0.2, 0.25) is 0 Å². The van der Waals surface area contributed by atoms with Gasteiger partial charge in [0.05, 0.1) is 0 Å². The number of pyridine rings is 1. The first-order valence-corrected chi connectivity index (χ1v) is 9.16. The van der Waals surface area contributed by atoms with E-state index in [-0.39, 0.29) is 11.6 Å². The zero-order valence-electron chi connectivity index (χ0n) is 15.9. The van der Waals surface area contributed by atoms with E-state index in [9.17, 15) is 4.79 Å². The lowest BCUT2D eigenvalue weighted by Gasteiger charge is -2.34. The molecule has 0 unspecified atom stereocenters. The molecule has 1 saturated heterocycles. The van der Waals surface area contributed by atoms with Gasteiger partial charge in [-0.2, -0.15) is 5.10 Å². The highest BCUT2D eigenvalue weighted by molar-refractivity contribution is 5.74. The summed E-state index contributed by atoms with van der Waals surface area (Å²) in [6, 6.07) is 5.71. The smallest absolute Gasteiger partial charge is 0.317 e. The second kappa shape index (κ2) is 7.86. The van der Waals surface area contributed by atoms with E-state index in [4.69, 9.17) is 0 Å². The summed E-state index contributed by atoms with van der Waals surface area (Å²) < 4.78 is 1.71. The standard InChI is InChI=1S/C19H28N6O/c1-19(2,3)24-10-5-9-23(12-13-24)18(26)21-15-16-6-8-20-17(14-16)25-11-4-7-22-25/h4,6-8,11,14H,5,9-10,12-13,15H2,1-3H3,(H,21,26). The number of nitrogens with one attached hydrogen (secondary N) is 1. The van der Waals surface area contributed by atoms with Gasteiger partial charge in [0.25, 0.3) is 0 Å². The zero-order chi connectivity index (χ0) is 18.6. The Bertz CT molecular complexity index is 722. The Kier molecular flexibility index (Phi) is 5.56. The average Bonchev–Trinajstić information content (AvgIpc) is 3.03. The van der Waals surface area contributed by atoms with E-state index in [1.807, 2.05) is 29.3 Å². The van der Waals surface area contributed by atoms with Crippen molar-refractivity contribution in [2.45, 2.75) is 39.3 Å². The van der Waals surface area contributed by atoms with Crippen molar-refractivity contribution in [2.24, 2.45) is 0 Å². The molecule has 1 aliphatic rings. The lowest BCUT2D eigenvalue weighted by Crippen LogP contribution is -2.45. The molecular weight excluding hydrogens is 328 g/mol. The summed E-state index contributed by atoms with van der Waals surface area (Å²) in [6.07, 6.45) is 6.31. The molecule has 2 aromatic heterocycles. The fourth-order valence-corrected chi connectivity index (χ4v) is 3.18. The topological polar surface area (TPSA) is 66.3 Å². The fraction of sp³-hybridized carbons (Fsp3) is 0.526. The van der Waals surface area contributed by atoms with Gasteiger partial charge in [-0.1, -0.05) is 0 Å². The first-order chi connectivity index (χ1) is 12.4. The van der Waals surface area contributed by atoms with Crippen LogP contribution < -0.4 is 5.32 Å². The molecule has 0 aromatic carbocycles. The van der Waals surface area contributed by atoms with Gasteiger partial charge in [-0.05, 0) is 51.0 Å².